The summed E-state index contributed by atoms with van der Waals surface area (Å²) < 4.78 is 0. The molecule has 1 fully saturated rings. The van der Waals surface area contributed by atoms with Gasteiger partial charge in [0.15, 0.2) is 0 Å². The van der Waals surface area contributed by atoms with Crippen molar-refractivity contribution in [3.8, 4) is 5.75 Å². The molecule has 1 aliphatic rings. The Morgan fingerprint density at radius 2 is 1.89 bits per heavy atom. The van der Waals surface area contributed by atoms with Gasteiger partial charge in [0.05, 0.1) is 0 Å². The van der Waals surface area contributed by atoms with Gasteiger partial charge in [0.2, 0.25) is 0 Å². The van der Waals surface area contributed by atoms with Crippen LogP contribution >= 0.6 is 0 Å². The number of phenolic OH excluding ortho intramolecular Hbond substituents is 1. The zero-order valence-electron chi connectivity index (χ0n) is 11.8. The summed E-state index contributed by atoms with van der Waals surface area (Å²) in [6, 6.07) is 4.81. The normalized spacial score (nSPS) is 16.8. The van der Waals surface area contributed by atoms with Crippen molar-refractivity contribution in [2.75, 3.05) is 0 Å². The van der Waals surface area contributed by atoms with Gasteiger partial charge in [-0.2, -0.15) is 0 Å². The van der Waals surface area contributed by atoms with E-state index in [4.69, 9.17) is 0 Å². The van der Waals surface area contributed by atoms with E-state index in [0.29, 0.717) is 11.8 Å². The lowest BCUT2D eigenvalue weighted by Gasteiger charge is -2.17. The molecule has 1 saturated carbocycles. The Morgan fingerprint density at radius 3 is 2.39 bits per heavy atom. The summed E-state index contributed by atoms with van der Waals surface area (Å²) in [5.74, 6) is 1.41. The van der Waals surface area contributed by atoms with E-state index < -0.39 is 0 Å². The number of aryl methyl sites for hydroxylation is 2. The molecule has 1 aromatic carbocycles. The SMILES string of the molecule is CCC(CC1CC1)NCc1cc(C)c(O)c(C)c1. The molecule has 0 amide bonds. The Morgan fingerprint density at radius 1 is 1.28 bits per heavy atom. The van der Waals surface area contributed by atoms with Gasteiger partial charge in [-0.3, -0.25) is 0 Å². The van der Waals surface area contributed by atoms with Crippen LogP contribution in [0.1, 0.15) is 49.3 Å². The smallest absolute Gasteiger partial charge is 0.121 e. The van der Waals surface area contributed by atoms with Crippen LogP contribution in [0.3, 0.4) is 0 Å². The van der Waals surface area contributed by atoms with Crippen LogP contribution in [0, 0.1) is 19.8 Å². The first kappa shape index (κ1) is 13.4. The van der Waals surface area contributed by atoms with Gasteiger partial charge in [0, 0.05) is 12.6 Å². The monoisotopic (exact) mass is 247 g/mol. The van der Waals surface area contributed by atoms with Gasteiger partial charge in [-0.05, 0) is 49.3 Å². The number of rotatable bonds is 6. The molecule has 1 atom stereocenters. The fraction of sp³-hybridized carbons (Fsp3) is 0.625. The lowest BCUT2D eigenvalue weighted by Crippen LogP contribution is -2.28. The molecule has 18 heavy (non-hydrogen) atoms. The van der Waals surface area contributed by atoms with Gasteiger partial charge < -0.3 is 10.4 Å². The number of hydrogen-bond donors (Lipinski definition) is 2. The van der Waals surface area contributed by atoms with Crippen LogP contribution in [-0.4, -0.2) is 11.1 Å². The molecule has 0 aliphatic heterocycles. The highest BCUT2D eigenvalue weighted by molar-refractivity contribution is 5.42. The molecule has 1 unspecified atom stereocenters. The van der Waals surface area contributed by atoms with E-state index in [9.17, 15) is 5.11 Å². The lowest BCUT2D eigenvalue weighted by molar-refractivity contribution is 0.443. The Balaban J connectivity index is 1.91. The Labute approximate surface area is 110 Å². The number of nitrogens with one attached hydrogen (secondary N) is 1. The molecule has 0 radical (unpaired) electrons. The molecule has 1 aliphatic carbocycles. The second kappa shape index (κ2) is 5.75. The highest BCUT2D eigenvalue weighted by Gasteiger charge is 2.24. The van der Waals surface area contributed by atoms with Crippen LogP contribution in [0.4, 0.5) is 0 Å². The van der Waals surface area contributed by atoms with E-state index in [1.807, 2.05) is 13.8 Å². The first-order valence-corrected chi connectivity index (χ1v) is 7.12. The van der Waals surface area contributed by atoms with Gasteiger partial charge >= 0.3 is 0 Å². The van der Waals surface area contributed by atoms with Gasteiger partial charge in [0.25, 0.3) is 0 Å². The van der Waals surface area contributed by atoms with Crippen LogP contribution in [0.15, 0.2) is 12.1 Å². The van der Waals surface area contributed by atoms with Crippen LogP contribution in [0.5, 0.6) is 5.75 Å². The molecule has 2 rings (SSSR count). The van der Waals surface area contributed by atoms with E-state index in [-0.39, 0.29) is 0 Å². The average molecular weight is 247 g/mol. The summed E-state index contributed by atoms with van der Waals surface area (Å²) in [6.45, 7) is 7.10. The highest BCUT2D eigenvalue weighted by atomic mass is 16.3. The van der Waals surface area contributed by atoms with Crippen LogP contribution in [-0.2, 0) is 6.54 Å². The average Bonchev–Trinajstić information content (AvgIpc) is 3.15. The first-order chi connectivity index (χ1) is 8.60. The van der Waals surface area contributed by atoms with Crippen molar-refractivity contribution in [2.45, 2.75) is 59.0 Å². The lowest BCUT2D eigenvalue weighted by atomic mass is 10.0. The maximum Gasteiger partial charge on any atom is 0.121 e. The Hall–Kier alpha value is -1.02. The topological polar surface area (TPSA) is 32.3 Å². The third-order valence-corrected chi connectivity index (χ3v) is 3.95. The maximum atomic E-state index is 9.76. The van der Waals surface area contributed by atoms with E-state index in [0.717, 1.165) is 23.6 Å². The second-order valence-electron chi connectivity index (χ2n) is 5.74. The molecule has 2 N–H and O–H groups in total. The van der Waals surface area contributed by atoms with Crippen molar-refractivity contribution in [3.05, 3.63) is 28.8 Å². The molecular weight excluding hydrogens is 222 g/mol. The van der Waals surface area contributed by atoms with Crippen molar-refractivity contribution in [1.82, 2.24) is 5.32 Å². The number of hydrogen-bond acceptors (Lipinski definition) is 2. The van der Waals surface area contributed by atoms with E-state index >= 15 is 0 Å². The summed E-state index contributed by atoms with van der Waals surface area (Å²) in [4.78, 5) is 0. The summed E-state index contributed by atoms with van der Waals surface area (Å²) in [5, 5.41) is 13.4. The quantitative estimate of drug-likeness (QED) is 0.803. The molecule has 100 valence electrons. The Bertz CT molecular complexity index is 387. The zero-order chi connectivity index (χ0) is 13.1. The molecule has 2 heteroatoms. The third kappa shape index (κ3) is 3.49. The summed E-state index contributed by atoms with van der Waals surface area (Å²) >= 11 is 0. The number of phenols is 1. The molecule has 0 spiro atoms. The minimum atomic E-state index is 0.434. The Kier molecular flexibility index (Phi) is 4.28. The predicted molar refractivity (Wildman–Crippen MR) is 75.8 cm³/mol. The second-order valence-corrected chi connectivity index (χ2v) is 5.74. The predicted octanol–water partition coefficient (Wildman–Crippen LogP) is 3.68. The van der Waals surface area contributed by atoms with Crippen LogP contribution in [0.2, 0.25) is 0 Å². The van der Waals surface area contributed by atoms with Gasteiger partial charge in [-0.25, -0.2) is 0 Å². The van der Waals surface area contributed by atoms with Crippen molar-refractivity contribution < 1.29 is 5.11 Å². The molecular formula is C16H25NO. The van der Waals surface area contributed by atoms with Crippen LogP contribution < -0.4 is 5.32 Å². The number of benzene rings is 1. The van der Waals surface area contributed by atoms with E-state index in [1.165, 1.54) is 31.2 Å². The minimum Gasteiger partial charge on any atom is -0.507 e. The fourth-order valence-electron chi connectivity index (χ4n) is 2.56. The van der Waals surface area contributed by atoms with Crippen molar-refractivity contribution in [2.24, 2.45) is 5.92 Å². The molecule has 0 saturated heterocycles. The molecule has 0 heterocycles. The van der Waals surface area contributed by atoms with Crippen molar-refractivity contribution in [1.29, 1.82) is 0 Å². The molecule has 2 nitrogen and oxygen atoms in total. The molecule has 1 aromatic rings. The van der Waals surface area contributed by atoms with Crippen molar-refractivity contribution >= 4 is 0 Å². The van der Waals surface area contributed by atoms with Gasteiger partial charge in [-0.15, -0.1) is 0 Å². The standard InChI is InChI=1S/C16H25NO/c1-4-15(9-13-5-6-13)17-10-14-7-11(2)16(18)12(3)8-14/h7-8,13,15,17-18H,4-6,9-10H2,1-3H3. The maximum absolute atomic E-state index is 9.76. The van der Waals surface area contributed by atoms with Crippen molar-refractivity contribution in [3.63, 3.8) is 0 Å². The third-order valence-electron chi connectivity index (χ3n) is 3.95. The first-order valence-electron chi connectivity index (χ1n) is 7.12. The highest BCUT2D eigenvalue weighted by Crippen LogP contribution is 2.34. The molecule has 0 aromatic heterocycles. The zero-order valence-corrected chi connectivity index (χ0v) is 11.8. The summed E-state index contributed by atoms with van der Waals surface area (Å²) in [5.41, 5.74) is 3.22. The number of aromatic hydroxyl groups is 1. The van der Waals surface area contributed by atoms with Gasteiger partial charge in [0.1, 0.15) is 5.75 Å². The summed E-state index contributed by atoms with van der Waals surface area (Å²) in [6.07, 6.45) is 5.38. The summed E-state index contributed by atoms with van der Waals surface area (Å²) in [7, 11) is 0. The minimum absolute atomic E-state index is 0.434. The van der Waals surface area contributed by atoms with E-state index in [2.05, 4.69) is 24.4 Å². The van der Waals surface area contributed by atoms with Gasteiger partial charge in [-0.1, -0.05) is 31.9 Å². The molecule has 0 bridgehead atoms. The largest absolute Gasteiger partial charge is 0.507 e. The van der Waals surface area contributed by atoms with Crippen LogP contribution in [0.25, 0.3) is 0 Å². The van der Waals surface area contributed by atoms with E-state index in [1.54, 1.807) is 0 Å². The fourth-order valence-corrected chi connectivity index (χ4v) is 2.56.